The van der Waals surface area contributed by atoms with E-state index in [9.17, 15) is 24.2 Å². The van der Waals surface area contributed by atoms with E-state index in [1.165, 1.54) is 64.2 Å². The number of carbonyl (C=O) groups excluding carboxylic acids is 2. The third-order valence-corrected chi connectivity index (χ3v) is 9.78. The van der Waals surface area contributed by atoms with Gasteiger partial charge in [0.05, 0.1) is 13.2 Å². The van der Waals surface area contributed by atoms with Crippen LogP contribution in [0.3, 0.4) is 0 Å². The van der Waals surface area contributed by atoms with Crippen LogP contribution in [0.4, 0.5) is 0 Å². The van der Waals surface area contributed by atoms with Crippen molar-refractivity contribution in [1.29, 1.82) is 0 Å². The van der Waals surface area contributed by atoms with Crippen molar-refractivity contribution in [1.82, 2.24) is 5.32 Å². The molecule has 0 aromatic heterocycles. The topological polar surface area (TPSA) is 131 Å². The zero-order valence-corrected chi connectivity index (χ0v) is 36.6. The lowest BCUT2D eigenvalue weighted by Crippen LogP contribution is -2.27. The van der Waals surface area contributed by atoms with E-state index >= 15 is 0 Å². The fourth-order valence-electron chi connectivity index (χ4n) is 5.44. The van der Waals surface area contributed by atoms with Crippen LogP contribution in [0, 0.1) is 0 Å². The van der Waals surface area contributed by atoms with Gasteiger partial charge in [-0.3, -0.25) is 18.6 Å². The van der Waals surface area contributed by atoms with Crippen molar-refractivity contribution in [3.05, 3.63) is 85.1 Å². The first-order valence-corrected chi connectivity index (χ1v) is 23.6. The summed E-state index contributed by atoms with van der Waals surface area (Å²) in [6.45, 7) is 3.40. The van der Waals surface area contributed by atoms with E-state index in [1.54, 1.807) is 0 Å². The quantitative estimate of drug-likeness (QED) is 0.0241. The van der Waals surface area contributed by atoms with Gasteiger partial charge in [0, 0.05) is 19.4 Å². The molecule has 0 aromatic carbocycles. The Morgan fingerprint density at radius 3 is 1.46 bits per heavy atom. The van der Waals surface area contributed by atoms with E-state index in [1.807, 2.05) is 6.08 Å². The smallest absolute Gasteiger partial charge is 0.463 e. The highest BCUT2D eigenvalue weighted by Crippen LogP contribution is 2.42. The number of phosphoric acid groups is 1. The number of nitrogens with one attached hydrogen (secondary N) is 1. The minimum absolute atomic E-state index is 0.0629. The average molecular weight is 818 g/mol. The number of hydrogen-bond donors (Lipinski definition) is 3. The molecule has 2 atom stereocenters. The Labute approximate surface area is 347 Å². The molecule has 0 bridgehead atoms. The molecule has 0 aliphatic carbocycles. The lowest BCUT2D eigenvalue weighted by atomic mass is 10.1. The van der Waals surface area contributed by atoms with E-state index < -0.39 is 26.5 Å². The standard InChI is InChI=1S/C47H80NO8P/c1-3-5-7-9-11-13-15-17-19-21-22-24-25-27-29-31-33-35-37-39-46(50)48-41-42-55-57(52,53)56-44-45(49)43-54-47(51)40-38-36-34-32-30-28-26-23-20-18-16-14-12-10-8-6-4-2/h11-14,17-20,22,24,26,28,32,34,45,49H,3-10,15-16,21,23,25,27,29-31,33,35-44H2,1-2H3,(H,48,50)(H,52,53)/b13-11-,14-12-,19-17-,20-18-,24-22-,28-26-,34-32-. The molecule has 0 rings (SSSR count). The first-order chi connectivity index (χ1) is 27.8. The van der Waals surface area contributed by atoms with Gasteiger partial charge in [0.1, 0.15) is 12.7 Å². The molecule has 2 unspecified atom stereocenters. The summed E-state index contributed by atoms with van der Waals surface area (Å²) in [5.74, 6) is -0.593. The zero-order chi connectivity index (χ0) is 41.8. The van der Waals surface area contributed by atoms with Crippen LogP contribution in [0.1, 0.15) is 168 Å². The van der Waals surface area contributed by atoms with Gasteiger partial charge in [0.2, 0.25) is 5.91 Å². The second-order valence-corrected chi connectivity index (χ2v) is 15.8. The van der Waals surface area contributed by atoms with Crippen LogP contribution in [0.25, 0.3) is 0 Å². The number of amides is 1. The molecule has 0 spiro atoms. The molecule has 0 radical (unpaired) electrons. The molecular formula is C47H80NO8P. The SMILES string of the molecule is CCCCC/C=C\C/C=C\C/C=C\C/C=C\CCCC(=O)OCC(O)COP(=O)(O)OCCNC(=O)CCCCCCCC/C=C\C/C=C\C/C=C\CCCCC. The average Bonchev–Trinajstić information content (AvgIpc) is 3.20. The Bertz CT molecular complexity index is 1210. The largest absolute Gasteiger partial charge is 0.472 e. The van der Waals surface area contributed by atoms with Crippen LogP contribution in [0.2, 0.25) is 0 Å². The third kappa shape index (κ3) is 44.1. The van der Waals surface area contributed by atoms with Gasteiger partial charge in [-0.15, -0.1) is 0 Å². The molecule has 326 valence electrons. The number of allylic oxidation sites excluding steroid dienone is 14. The predicted molar refractivity (Wildman–Crippen MR) is 238 cm³/mol. The highest BCUT2D eigenvalue weighted by atomic mass is 31.2. The van der Waals surface area contributed by atoms with Crippen molar-refractivity contribution < 1.29 is 37.9 Å². The van der Waals surface area contributed by atoms with Crippen LogP contribution in [-0.2, 0) is 27.9 Å². The van der Waals surface area contributed by atoms with Gasteiger partial charge in [0.15, 0.2) is 0 Å². The van der Waals surface area contributed by atoms with E-state index in [2.05, 4.69) is 98.2 Å². The molecule has 0 aliphatic heterocycles. The minimum atomic E-state index is -4.44. The van der Waals surface area contributed by atoms with Gasteiger partial charge in [-0.1, -0.05) is 150 Å². The second-order valence-electron chi connectivity index (χ2n) is 14.3. The summed E-state index contributed by atoms with van der Waals surface area (Å²) in [5, 5.41) is 12.7. The number of aliphatic hydroxyl groups excluding tert-OH is 1. The van der Waals surface area contributed by atoms with Crippen LogP contribution in [-0.4, -0.2) is 54.3 Å². The van der Waals surface area contributed by atoms with Gasteiger partial charge >= 0.3 is 13.8 Å². The number of unbranched alkanes of at least 4 members (excludes halogenated alkanes) is 13. The fraction of sp³-hybridized carbons (Fsp3) is 0.660. The van der Waals surface area contributed by atoms with Crippen LogP contribution in [0.15, 0.2) is 85.1 Å². The number of phosphoric ester groups is 1. The molecule has 0 aromatic rings. The van der Waals surface area contributed by atoms with Gasteiger partial charge in [-0.25, -0.2) is 4.57 Å². The monoisotopic (exact) mass is 818 g/mol. The maximum Gasteiger partial charge on any atom is 0.472 e. The number of esters is 1. The molecule has 1 amide bonds. The fourth-order valence-corrected chi connectivity index (χ4v) is 6.19. The van der Waals surface area contributed by atoms with Gasteiger partial charge in [-0.05, 0) is 89.9 Å². The molecule has 0 fully saturated rings. The Morgan fingerprint density at radius 1 is 0.544 bits per heavy atom. The maximum absolute atomic E-state index is 12.1. The summed E-state index contributed by atoms with van der Waals surface area (Å²) in [4.78, 5) is 33.9. The first-order valence-electron chi connectivity index (χ1n) is 22.1. The number of ether oxygens (including phenoxy) is 1. The van der Waals surface area contributed by atoms with E-state index in [4.69, 9.17) is 13.8 Å². The van der Waals surface area contributed by atoms with Gasteiger partial charge in [0.25, 0.3) is 0 Å². The highest BCUT2D eigenvalue weighted by molar-refractivity contribution is 7.47. The molecule has 9 nitrogen and oxygen atoms in total. The number of rotatable bonds is 40. The van der Waals surface area contributed by atoms with Crippen LogP contribution < -0.4 is 5.32 Å². The summed E-state index contributed by atoms with van der Waals surface area (Å²) in [6, 6.07) is 0. The molecule has 3 N–H and O–H groups in total. The molecule has 0 saturated heterocycles. The summed E-state index contributed by atoms with van der Waals surface area (Å²) < 4.78 is 26.8. The molecule has 0 aliphatic rings. The van der Waals surface area contributed by atoms with Crippen molar-refractivity contribution in [3.63, 3.8) is 0 Å². The third-order valence-electron chi connectivity index (χ3n) is 8.80. The Hall–Kier alpha value is -2.81. The van der Waals surface area contributed by atoms with Crippen LogP contribution >= 0.6 is 7.82 Å². The van der Waals surface area contributed by atoms with Crippen molar-refractivity contribution in [2.24, 2.45) is 0 Å². The molecular weight excluding hydrogens is 737 g/mol. The Balaban J connectivity index is 3.71. The Morgan fingerprint density at radius 2 is 0.965 bits per heavy atom. The molecule has 0 heterocycles. The normalized spacial score (nSPS) is 14.1. The second kappa shape index (κ2) is 42.8. The van der Waals surface area contributed by atoms with Crippen molar-refractivity contribution >= 4 is 19.7 Å². The van der Waals surface area contributed by atoms with Crippen molar-refractivity contribution in [2.75, 3.05) is 26.4 Å². The summed E-state index contributed by atoms with van der Waals surface area (Å²) in [5.41, 5.74) is 0. The number of aliphatic hydroxyl groups is 1. The summed E-state index contributed by atoms with van der Waals surface area (Å²) >= 11 is 0. The molecule has 0 saturated carbocycles. The summed E-state index contributed by atoms with van der Waals surface area (Å²) in [6.07, 6.45) is 53.7. The van der Waals surface area contributed by atoms with Crippen molar-refractivity contribution in [2.45, 2.75) is 174 Å². The Kier molecular flexibility index (Phi) is 40.7. The highest BCUT2D eigenvalue weighted by Gasteiger charge is 2.23. The van der Waals surface area contributed by atoms with E-state index in [0.717, 1.165) is 70.6 Å². The van der Waals surface area contributed by atoms with E-state index in [-0.39, 0.29) is 32.1 Å². The van der Waals surface area contributed by atoms with E-state index in [0.29, 0.717) is 12.8 Å². The molecule has 10 heteroatoms. The number of carbonyl (C=O) groups is 2. The predicted octanol–water partition coefficient (Wildman–Crippen LogP) is 12.4. The first kappa shape index (κ1) is 54.2. The van der Waals surface area contributed by atoms with Gasteiger partial charge in [-0.2, -0.15) is 0 Å². The minimum Gasteiger partial charge on any atom is -0.463 e. The lowest BCUT2D eigenvalue weighted by molar-refractivity contribution is -0.147. The lowest BCUT2D eigenvalue weighted by Gasteiger charge is -2.15. The van der Waals surface area contributed by atoms with Gasteiger partial charge < -0.3 is 20.1 Å². The number of hydrogen-bond acceptors (Lipinski definition) is 7. The van der Waals surface area contributed by atoms with Crippen molar-refractivity contribution in [3.8, 4) is 0 Å². The zero-order valence-electron chi connectivity index (χ0n) is 35.8. The molecule has 57 heavy (non-hydrogen) atoms. The summed E-state index contributed by atoms with van der Waals surface area (Å²) in [7, 11) is -4.44. The van der Waals surface area contributed by atoms with Crippen LogP contribution in [0.5, 0.6) is 0 Å². The maximum atomic E-state index is 12.1.